The Hall–Kier alpha value is -1.74. The van der Waals surface area contributed by atoms with E-state index in [-0.39, 0.29) is 0 Å². The molecule has 0 bridgehead atoms. The molecule has 1 aromatic heterocycles. The summed E-state index contributed by atoms with van der Waals surface area (Å²) in [6.07, 6.45) is 0.846. The number of rotatable bonds is 5. The lowest BCUT2D eigenvalue weighted by Crippen LogP contribution is -1.95. The quantitative estimate of drug-likeness (QED) is 0.768. The van der Waals surface area contributed by atoms with Crippen LogP contribution in [0.2, 0.25) is 0 Å². The summed E-state index contributed by atoms with van der Waals surface area (Å²) in [5.41, 5.74) is 1.97. The molecule has 0 amide bonds. The van der Waals surface area contributed by atoms with Crippen molar-refractivity contribution < 1.29 is 9.47 Å². The largest absolute Gasteiger partial charge is 0.497 e. The van der Waals surface area contributed by atoms with Gasteiger partial charge < -0.3 is 9.47 Å². The van der Waals surface area contributed by atoms with Gasteiger partial charge in [0.05, 0.1) is 7.11 Å². The van der Waals surface area contributed by atoms with Crippen molar-refractivity contribution in [2.75, 3.05) is 7.11 Å². The van der Waals surface area contributed by atoms with E-state index in [4.69, 9.17) is 21.1 Å². The van der Waals surface area contributed by atoms with Crippen molar-refractivity contribution in [1.82, 2.24) is 4.98 Å². The first-order valence-electron chi connectivity index (χ1n) is 6.13. The van der Waals surface area contributed by atoms with E-state index in [0.717, 1.165) is 23.4 Å². The van der Waals surface area contributed by atoms with E-state index in [1.807, 2.05) is 36.4 Å². The summed E-state index contributed by atoms with van der Waals surface area (Å²) in [5.74, 6) is 2.45. The molecule has 0 aliphatic heterocycles. The van der Waals surface area contributed by atoms with Crippen LogP contribution in [0.4, 0.5) is 0 Å². The van der Waals surface area contributed by atoms with E-state index >= 15 is 0 Å². The van der Waals surface area contributed by atoms with Crippen LogP contribution in [0, 0.1) is 0 Å². The van der Waals surface area contributed by atoms with Crippen LogP contribution in [0.25, 0.3) is 0 Å². The Kier molecular flexibility index (Phi) is 4.63. The van der Waals surface area contributed by atoms with E-state index in [0.29, 0.717) is 17.5 Å². The molecule has 0 aliphatic carbocycles. The van der Waals surface area contributed by atoms with Gasteiger partial charge in [-0.1, -0.05) is 13.0 Å². The number of ether oxygens (including phenoxy) is 2. The van der Waals surface area contributed by atoms with Crippen LogP contribution in [-0.2, 0) is 12.3 Å². The lowest BCUT2D eigenvalue weighted by atomic mass is 10.2. The van der Waals surface area contributed by atoms with E-state index in [9.17, 15) is 0 Å². The fraction of sp³-hybridized carbons (Fsp3) is 0.267. The molecule has 2 aromatic rings. The van der Waals surface area contributed by atoms with Crippen molar-refractivity contribution in [1.29, 1.82) is 0 Å². The molecular formula is C15H16ClNO2. The van der Waals surface area contributed by atoms with Crippen molar-refractivity contribution >= 4 is 11.6 Å². The minimum atomic E-state index is 0.448. The lowest BCUT2D eigenvalue weighted by Gasteiger charge is -2.09. The zero-order valence-corrected chi connectivity index (χ0v) is 11.8. The smallest absolute Gasteiger partial charge is 0.219 e. The molecule has 1 aromatic carbocycles. The second kappa shape index (κ2) is 6.43. The molecule has 0 unspecified atom stereocenters. The summed E-state index contributed by atoms with van der Waals surface area (Å²) in [4.78, 5) is 4.43. The van der Waals surface area contributed by atoms with Crippen LogP contribution in [-0.4, -0.2) is 12.1 Å². The summed E-state index contributed by atoms with van der Waals surface area (Å²) < 4.78 is 10.9. The summed E-state index contributed by atoms with van der Waals surface area (Å²) in [6, 6.07) is 11.3. The maximum Gasteiger partial charge on any atom is 0.219 e. The van der Waals surface area contributed by atoms with Gasteiger partial charge in [-0.15, -0.1) is 11.6 Å². The molecule has 0 fully saturated rings. The minimum Gasteiger partial charge on any atom is -0.497 e. The highest BCUT2D eigenvalue weighted by atomic mass is 35.5. The number of methoxy groups -OCH3 is 1. The highest BCUT2D eigenvalue weighted by molar-refractivity contribution is 6.17. The van der Waals surface area contributed by atoms with Gasteiger partial charge in [-0.2, -0.15) is 0 Å². The number of hydrogen-bond acceptors (Lipinski definition) is 3. The number of nitrogens with zero attached hydrogens (tertiary/aromatic N) is 1. The summed E-state index contributed by atoms with van der Waals surface area (Å²) >= 11 is 5.88. The molecule has 100 valence electrons. The Balaban J connectivity index is 2.26. The monoisotopic (exact) mass is 277 g/mol. The molecule has 0 N–H and O–H groups in total. The molecule has 4 heteroatoms. The molecule has 1 heterocycles. The normalized spacial score (nSPS) is 10.3. The van der Waals surface area contributed by atoms with Gasteiger partial charge in [0, 0.05) is 23.7 Å². The summed E-state index contributed by atoms with van der Waals surface area (Å²) in [7, 11) is 1.63. The van der Waals surface area contributed by atoms with Crippen LogP contribution in [0.1, 0.15) is 18.2 Å². The molecule has 0 aliphatic rings. The third kappa shape index (κ3) is 3.61. The molecule has 19 heavy (non-hydrogen) atoms. The van der Waals surface area contributed by atoms with Crippen LogP contribution in [0.3, 0.4) is 0 Å². The lowest BCUT2D eigenvalue weighted by molar-refractivity contribution is 0.407. The predicted molar refractivity (Wildman–Crippen MR) is 76.2 cm³/mol. The van der Waals surface area contributed by atoms with Gasteiger partial charge in [0.1, 0.15) is 11.5 Å². The number of hydrogen-bond donors (Lipinski definition) is 0. The van der Waals surface area contributed by atoms with Crippen LogP contribution >= 0.6 is 11.6 Å². The Bertz CT molecular complexity index is 535. The highest BCUT2D eigenvalue weighted by Gasteiger charge is 2.04. The first-order valence-corrected chi connectivity index (χ1v) is 6.66. The second-order valence-electron chi connectivity index (χ2n) is 4.07. The van der Waals surface area contributed by atoms with Crippen LogP contribution in [0.15, 0.2) is 36.4 Å². The molecule has 0 atom stereocenters. The predicted octanol–water partition coefficient (Wildman–Crippen LogP) is 4.18. The van der Waals surface area contributed by atoms with Gasteiger partial charge in [-0.3, -0.25) is 0 Å². The molecule has 2 rings (SSSR count). The average molecular weight is 278 g/mol. The number of aromatic nitrogens is 1. The van der Waals surface area contributed by atoms with Gasteiger partial charge >= 0.3 is 0 Å². The van der Waals surface area contributed by atoms with E-state index in [2.05, 4.69) is 11.9 Å². The zero-order chi connectivity index (χ0) is 13.7. The SMILES string of the molecule is CCc1cc(CCl)cc(Oc2cccc(OC)c2)n1. The molecule has 0 spiro atoms. The van der Waals surface area contributed by atoms with E-state index < -0.39 is 0 Å². The average Bonchev–Trinajstić information content (AvgIpc) is 2.47. The number of aryl methyl sites for hydroxylation is 1. The van der Waals surface area contributed by atoms with E-state index in [1.165, 1.54) is 0 Å². The number of pyridine rings is 1. The fourth-order valence-corrected chi connectivity index (χ4v) is 1.87. The minimum absolute atomic E-state index is 0.448. The van der Waals surface area contributed by atoms with Crippen molar-refractivity contribution in [3.05, 3.63) is 47.7 Å². The van der Waals surface area contributed by atoms with Gasteiger partial charge in [0.25, 0.3) is 0 Å². The molecule has 0 saturated carbocycles. The van der Waals surface area contributed by atoms with Gasteiger partial charge in [-0.25, -0.2) is 4.98 Å². The molecule has 3 nitrogen and oxygen atoms in total. The van der Waals surface area contributed by atoms with E-state index in [1.54, 1.807) is 7.11 Å². The molecule has 0 saturated heterocycles. The Morgan fingerprint density at radius 2 is 1.95 bits per heavy atom. The second-order valence-corrected chi connectivity index (χ2v) is 4.34. The van der Waals surface area contributed by atoms with Crippen molar-refractivity contribution in [3.8, 4) is 17.4 Å². The van der Waals surface area contributed by atoms with Gasteiger partial charge in [0.2, 0.25) is 5.88 Å². The van der Waals surface area contributed by atoms with Crippen molar-refractivity contribution in [2.45, 2.75) is 19.2 Å². The fourth-order valence-electron chi connectivity index (χ4n) is 1.72. The summed E-state index contributed by atoms with van der Waals surface area (Å²) in [6.45, 7) is 2.05. The van der Waals surface area contributed by atoms with Gasteiger partial charge in [0.15, 0.2) is 0 Å². The van der Waals surface area contributed by atoms with Crippen LogP contribution < -0.4 is 9.47 Å². The first-order chi connectivity index (χ1) is 9.25. The Morgan fingerprint density at radius 1 is 1.16 bits per heavy atom. The summed E-state index contributed by atoms with van der Waals surface area (Å²) in [5, 5.41) is 0. The third-order valence-corrected chi connectivity index (χ3v) is 3.00. The molecule has 0 radical (unpaired) electrons. The standard InChI is InChI=1S/C15H16ClNO2/c1-3-12-7-11(10-16)8-15(17-12)19-14-6-4-5-13(9-14)18-2/h4-9H,3,10H2,1-2H3. The Labute approximate surface area is 118 Å². The van der Waals surface area contributed by atoms with Crippen LogP contribution in [0.5, 0.6) is 17.4 Å². The van der Waals surface area contributed by atoms with Crippen molar-refractivity contribution in [3.63, 3.8) is 0 Å². The Morgan fingerprint density at radius 3 is 2.63 bits per heavy atom. The zero-order valence-electron chi connectivity index (χ0n) is 11.0. The maximum absolute atomic E-state index is 5.88. The number of benzene rings is 1. The highest BCUT2D eigenvalue weighted by Crippen LogP contribution is 2.25. The molecular weight excluding hydrogens is 262 g/mol. The number of halogens is 1. The van der Waals surface area contributed by atoms with Gasteiger partial charge in [-0.05, 0) is 30.2 Å². The van der Waals surface area contributed by atoms with Crippen molar-refractivity contribution in [2.24, 2.45) is 0 Å². The first kappa shape index (κ1) is 13.7. The topological polar surface area (TPSA) is 31.4 Å². The third-order valence-electron chi connectivity index (χ3n) is 2.69. The number of alkyl halides is 1. The maximum atomic E-state index is 5.88.